The number of likely N-dealkylation sites (tertiary alicyclic amines) is 1. The van der Waals surface area contributed by atoms with Crippen LogP contribution < -0.4 is 0 Å². The Morgan fingerprint density at radius 1 is 1.33 bits per heavy atom. The highest BCUT2D eigenvalue weighted by Gasteiger charge is 2.42. The molecule has 1 aromatic heterocycles. The first kappa shape index (κ1) is 21.2. The molecule has 0 aromatic carbocycles. The van der Waals surface area contributed by atoms with E-state index in [2.05, 4.69) is 4.90 Å². The topological polar surface area (TPSA) is 83.2 Å². The summed E-state index contributed by atoms with van der Waals surface area (Å²) >= 11 is 0. The van der Waals surface area contributed by atoms with Crippen LogP contribution in [0.5, 0.6) is 0 Å². The van der Waals surface area contributed by atoms with E-state index in [4.69, 9.17) is 19.1 Å². The van der Waals surface area contributed by atoms with Crippen LogP contribution in [0.2, 0.25) is 0 Å². The minimum absolute atomic E-state index is 0.107. The van der Waals surface area contributed by atoms with Crippen molar-refractivity contribution in [1.82, 2.24) is 9.80 Å². The number of carbonyl (C=O) groups is 2. The molecule has 0 aliphatic carbocycles. The number of aliphatic carboxylic acids is 1. The van der Waals surface area contributed by atoms with Crippen LogP contribution in [0.1, 0.15) is 18.4 Å². The van der Waals surface area contributed by atoms with Crippen LogP contribution in [0, 0.1) is 5.92 Å². The zero-order valence-corrected chi connectivity index (χ0v) is 15.1. The van der Waals surface area contributed by atoms with E-state index >= 15 is 0 Å². The summed E-state index contributed by atoms with van der Waals surface area (Å²) in [5.74, 6) is -2.03. The quantitative estimate of drug-likeness (QED) is 0.844. The second-order valence-electron chi connectivity index (χ2n) is 6.91. The molecule has 0 radical (unpaired) electrons. The van der Waals surface area contributed by atoms with Gasteiger partial charge in [0.15, 0.2) is 0 Å². The predicted molar refractivity (Wildman–Crippen MR) is 87.8 cm³/mol. The fraction of sp³-hybridized carbons (Fsp3) is 0.647. The SMILES string of the molecule is CN(C)C(=O)C[C@@H]1C[C@H]2CN(Cc3ccoc3)C[C@H]2O1.O=C(O)C(F)(F)F. The molecule has 1 aromatic rings. The van der Waals surface area contributed by atoms with Crippen LogP contribution >= 0.6 is 0 Å². The number of nitrogens with zero attached hydrogens (tertiary/aromatic N) is 2. The number of amides is 1. The van der Waals surface area contributed by atoms with Gasteiger partial charge < -0.3 is 19.2 Å². The van der Waals surface area contributed by atoms with Crippen LogP contribution in [0.25, 0.3) is 0 Å². The van der Waals surface area contributed by atoms with Gasteiger partial charge in [-0.15, -0.1) is 0 Å². The Morgan fingerprint density at radius 2 is 2.00 bits per heavy atom. The van der Waals surface area contributed by atoms with Crippen LogP contribution in [0.4, 0.5) is 13.2 Å². The van der Waals surface area contributed by atoms with Crippen molar-refractivity contribution in [2.75, 3.05) is 27.2 Å². The van der Waals surface area contributed by atoms with Gasteiger partial charge in [-0.3, -0.25) is 9.69 Å². The third-order valence-corrected chi connectivity index (χ3v) is 4.52. The summed E-state index contributed by atoms with van der Waals surface area (Å²) in [6.07, 6.45) is 0.352. The first-order valence-corrected chi connectivity index (χ1v) is 8.45. The van der Waals surface area contributed by atoms with Gasteiger partial charge in [0.25, 0.3) is 0 Å². The number of hydrogen-bond donors (Lipinski definition) is 1. The fourth-order valence-electron chi connectivity index (χ4n) is 3.23. The second kappa shape index (κ2) is 8.75. The minimum Gasteiger partial charge on any atom is -0.475 e. The number of ether oxygens (including phenoxy) is 1. The molecule has 3 heterocycles. The molecule has 2 aliphatic heterocycles. The molecular weight excluding hydrogens is 369 g/mol. The second-order valence-corrected chi connectivity index (χ2v) is 6.91. The molecule has 1 N–H and O–H groups in total. The zero-order valence-electron chi connectivity index (χ0n) is 15.1. The number of fused-ring (bicyclic) bond motifs is 1. The molecule has 2 saturated heterocycles. The number of hydrogen-bond acceptors (Lipinski definition) is 5. The molecular formula is C17H23F3N2O5. The molecule has 10 heteroatoms. The molecule has 7 nitrogen and oxygen atoms in total. The highest BCUT2D eigenvalue weighted by atomic mass is 19.4. The maximum atomic E-state index is 11.7. The molecule has 0 bridgehead atoms. The van der Waals surface area contributed by atoms with Crippen LogP contribution in [-0.4, -0.2) is 72.4 Å². The molecule has 0 saturated carbocycles. The summed E-state index contributed by atoms with van der Waals surface area (Å²) < 4.78 is 42.9. The van der Waals surface area contributed by atoms with Gasteiger partial charge in [-0.05, 0) is 12.5 Å². The van der Waals surface area contributed by atoms with E-state index in [1.165, 1.54) is 5.56 Å². The monoisotopic (exact) mass is 392 g/mol. The number of carboxylic acid groups (broad SMARTS) is 1. The van der Waals surface area contributed by atoms with Crippen molar-refractivity contribution >= 4 is 11.9 Å². The van der Waals surface area contributed by atoms with Gasteiger partial charge in [0.05, 0.1) is 31.2 Å². The lowest BCUT2D eigenvalue weighted by Crippen LogP contribution is -2.29. The summed E-state index contributed by atoms with van der Waals surface area (Å²) in [6.45, 7) is 2.94. The molecule has 2 aliphatic rings. The summed E-state index contributed by atoms with van der Waals surface area (Å²) in [4.78, 5) is 24.7. The summed E-state index contributed by atoms with van der Waals surface area (Å²) in [6, 6.07) is 2.01. The molecule has 152 valence electrons. The van der Waals surface area contributed by atoms with Crippen molar-refractivity contribution in [3.8, 4) is 0 Å². The van der Waals surface area contributed by atoms with Crippen molar-refractivity contribution in [3.05, 3.63) is 24.2 Å². The number of carboxylic acids is 1. The maximum Gasteiger partial charge on any atom is 0.490 e. The highest BCUT2D eigenvalue weighted by molar-refractivity contribution is 5.76. The molecule has 0 spiro atoms. The normalized spacial score (nSPS) is 24.9. The molecule has 0 unspecified atom stereocenters. The first-order chi connectivity index (χ1) is 12.6. The Kier molecular flexibility index (Phi) is 6.88. The maximum absolute atomic E-state index is 11.7. The van der Waals surface area contributed by atoms with Gasteiger partial charge in [0.1, 0.15) is 0 Å². The molecule has 27 heavy (non-hydrogen) atoms. The Labute approximate surface area is 154 Å². The first-order valence-electron chi connectivity index (χ1n) is 8.45. The molecule has 2 fully saturated rings. The Bertz CT molecular complexity index is 619. The lowest BCUT2D eigenvalue weighted by Gasteiger charge is -2.19. The highest BCUT2D eigenvalue weighted by Crippen LogP contribution is 2.35. The summed E-state index contributed by atoms with van der Waals surface area (Å²) in [5, 5.41) is 7.12. The third-order valence-electron chi connectivity index (χ3n) is 4.52. The standard InChI is InChI=1S/C15H22N2O3.C2HF3O2/c1-16(2)15(18)6-13-5-12-8-17(9-14(12)20-13)7-11-3-4-19-10-11;3-2(4,5)1(6)7/h3-4,10,12-14H,5-9H2,1-2H3;(H,6,7)/t12-,13-,14+;/m0./s1. The van der Waals surface area contributed by atoms with Crippen molar-refractivity contribution in [2.45, 2.75) is 37.8 Å². The molecule has 1 amide bonds. The van der Waals surface area contributed by atoms with E-state index in [-0.39, 0.29) is 12.0 Å². The zero-order chi connectivity index (χ0) is 20.2. The third kappa shape index (κ3) is 6.24. The summed E-state index contributed by atoms with van der Waals surface area (Å²) in [7, 11) is 3.59. The fourth-order valence-corrected chi connectivity index (χ4v) is 3.23. The van der Waals surface area contributed by atoms with E-state index in [0.29, 0.717) is 18.4 Å². The van der Waals surface area contributed by atoms with Gasteiger partial charge in [-0.2, -0.15) is 13.2 Å². The average molecular weight is 392 g/mol. The van der Waals surface area contributed by atoms with Gasteiger partial charge in [0.2, 0.25) is 5.91 Å². The largest absolute Gasteiger partial charge is 0.490 e. The number of halogens is 3. The van der Waals surface area contributed by atoms with Crippen LogP contribution in [-0.2, 0) is 20.9 Å². The van der Waals surface area contributed by atoms with E-state index in [9.17, 15) is 18.0 Å². The van der Waals surface area contributed by atoms with Crippen LogP contribution in [0.15, 0.2) is 23.0 Å². The van der Waals surface area contributed by atoms with E-state index in [0.717, 1.165) is 26.1 Å². The van der Waals surface area contributed by atoms with Gasteiger partial charge in [0, 0.05) is 45.2 Å². The van der Waals surface area contributed by atoms with Crippen molar-refractivity contribution < 1.29 is 37.0 Å². The van der Waals surface area contributed by atoms with Crippen molar-refractivity contribution in [3.63, 3.8) is 0 Å². The van der Waals surface area contributed by atoms with E-state index in [1.807, 2.05) is 6.07 Å². The Balaban J connectivity index is 0.000000321. The summed E-state index contributed by atoms with van der Waals surface area (Å²) in [5.41, 5.74) is 1.21. The van der Waals surface area contributed by atoms with Crippen LogP contribution in [0.3, 0.4) is 0 Å². The van der Waals surface area contributed by atoms with Crippen molar-refractivity contribution in [1.29, 1.82) is 0 Å². The smallest absolute Gasteiger partial charge is 0.475 e. The number of alkyl halides is 3. The van der Waals surface area contributed by atoms with E-state index < -0.39 is 12.1 Å². The average Bonchev–Trinajstić information content (AvgIpc) is 3.24. The Morgan fingerprint density at radius 3 is 2.48 bits per heavy atom. The lowest BCUT2D eigenvalue weighted by atomic mass is 10.0. The predicted octanol–water partition coefficient (Wildman–Crippen LogP) is 1.98. The van der Waals surface area contributed by atoms with Gasteiger partial charge in [-0.1, -0.05) is 0 Å². The number of rotatable bonds is 4. The van der Waals surface area contributed by atoms with Gasteiger partial charge >= 0.3 is 12.1 Å². The van der Waals surface area contributed by atoms with E-state index in [1.54, 1.807) is 31.5 Å². The number of carbonyl (C=O) groups excluding carboxylic acids is 1. The van der Waals surface area contributed by atoms with Crippen molar-refractivity contribution in [2.24, 2.45) is 5.92 Å². The molecule has 3 rings (SSSR count). The minimum atomic E-state index is -5.08. The van der Waals surface area contributed by atoms with Gasteiger partial charge in [-0.25, -0.2) is 4.79 Å². The lowest BCUT2D eigenvalue weighted by molar-refractivity contribution is -0.192. The molecule has 3 atom stereocenters. The Hall–Kier alpha value is -2.07. The number of furan rings is 1.